The number of furan rings is 1. The smallest absolute Gasteiger partial charge is 0.331 e. The highest BCUT2D eigenvalue weighted by Crippen LogP contribution is 2.28. The molecule has 0 aliphatic carbocycles. The number of rotatable bonds is 7. The van der Waals surface area contributed by atoms with Gasteiger partial charge >= 0.3 is 6.03 Å². The van der Waals surface area contributed by atoms with Gasteiger partial charge in [-0.25, -0.2) is 4.79 Å². The molecule has 2 aromatic carbocycles. The van der Waals surface area contributed by atoms with E-state index >= 15 is 0 Å². The molecule has 1 aliphatic rings. The minimum Gasteiger partial charge on any atom is -0.492 e. The van der Waals surface area contributed by atoms with Crippen molar-refractivity contribution in [3.63, 3.8) is 0 Å². The average molecular weight is 548 g/mol. The van der Waals surface area contributed by atoms with E-state index in [1.807, 2.05) is 60.2 Å². The van der Waals surface area contributed by atoms with Crippen molar-refractivity contribution in [2.45, 2.75) is 20.0 Å². The van der Waals surface area contributed by atoms with Gasteiger partial charge in [0.15, 0.2) is 0 Å². The number of aryl methyl sites for hydroxylation is 1. The van der Waals surface area contributed by atoms with Crippen molar-refractivity contribution in [3.8, 4) is 5.75 Å². The fraction of sp³-hybridized carbons (Fsp3) is 0.148. The largest absolute Gasteiger partial charge is 0.492 e. The summed E-state index contributed by atoms with van der Waals surface area (Å²) in [5, 5.41) is 3.10. The highest BCUT2D eigenvalue weighted by Gasteiger charge is 2.36. The van der Waals surface area contributed by atoms with Crippen molar-refractivity contribution < 1.29 is 23.5 Å². The summed E-state index contributed by atoms with van der Waals surface area (Å²) in [7, 11) is 0. The fourth-order valence-electron chi connectivity index (χ4n) is 4.04. The predicted molar refractivity (Wildman–Crippen MR) is 137 cm³/mol. The number of urea groups is 1. The lowest BCUT2D eigenvalue weighted by atomic mass is 10.1. The van der Waals surface area contributed by atoms with E-state index in [1.165, 1.54) is 12.3 Å². The lowest BCUT2D eigenvalue weighted by Gasteiger charge is -2.25. The molecule has 0 unspecified atom stereocenters. The first-order valence-corrected chi connectivity index (χ1v) is 12.1. The van der Waals surface area contributed by atoms with Gasteiger partial charge in [0.2, 0.25) is 0 Å². The summed E-state index contributed by atoms with van der Waals surface area (Å²) in [6.45, 7) is 2.93. The highest BCUT2D eigenvalue weighted by atomic mass is 79.9. The van der Waals surface area contributed by atoms with Crippen LogP contribution in [-0.2, 0) is 22.7 Å². The van der Waals surface area contributed by atoms with Gasteiger partial charge in [-0.2, -0.15) is 0 Å². The summed E-state index contributed by atoms with van der Waals surface area (Å²) in [4.78, 5) is 39.1. The van der Waals surface area contributed by atoms with Crippen LogP contribution in [0.25, 0.3) is 17.0 Å². The zero-order valence-electron chi connectivity index (χ0n) is 19.4. The molecule has 1 saturated heterocycles. The molecule has 3 heterocycles. The monoisotopic (exact) mass is 547 g/mol. The van der Waals surface area contributed by atoms with Gasteiger partial charge in [0.25, 0.3) is 11.8 Å². The minimum absolute atomic E-state index is 0.0774. The first-order chi connectivity index (χ1) is 17.4. The Morgan fingerprint density at radius 1 is 1.08 bits per heavy atom. The average Bonchev–Trinajstić information content (AvgIpc) is 3.48. The van der Waals surface area contributed by atoms with Gasteiger partial charge in [-0.05, 0) is 55.5 Å². The Hall–Kier alpha value is -4.11. The van der Waals surface area contributed by atoms with Crippen LogP contribution in [0.2, 0.25) is 0 Å². The molecule has 1 N–H and O–H groups in total. The number of nitrogens with zero attached hydrogens (tertiary/aromatic N) is 2. The van der Waals surface area contributed by atoms with E-state index in [0.29, 0.717) is 24.5 Å². The fourth-order valence-corrected chi connectivity index (χ4v) is 4.41. The molecule has 8 nitrogen and oxygen atoms in total. The molecule has 0 spiro atoms. The topological polar surface area (TPSA) is 93.8 Å². The Balaban J connectivity index is 1.44. The second-order valence-corrected chi connectivity index (χ2v) is 9.30. The molecule has 0 atom stereocenters. The van der Waals surface area contributed by atoms with Crippen LogP contribution in [0.3, 0.4) is 0 Å². The first-order valence-electron chi connectivity index (χ1n) is 11.3. The van der Waals surface area contributed by atoms with E-state index in [2.05, 4.69) is 21.2 Å². The molecule has 4 amide bonds. The number of fused-ring (bicyclic) bond motifs is 1. The zero-order valence-corrected chi connectivity index (χ0v) is 20.9. The maximum absolute atomic E-state index is 13.1. The molecule has 0 radical (unpaired) electrons. The molecule has 9 heteroatoms. The zero-order chi connectivity index (χ0) is 25.2. The summed E-state index contributed by atoms with van der Waals surface area (Å²) in [5.74, 6) is -0.202. The second kappa shape index (κ2) is 9.87. The summed E-state index contributed by atoms with van der Waals surface area (Å²) < 4.78 is 14.0. The van der Waals surface area contributed by atoms with Crippen LogP contribution in [0.1, 0.15) is 16.9 Å². The normalized spacial score (nSPS) is 15.1. The summed E-state index contributed by atoms with van der Waals surface area (Å²) in [6.07, 6.45) is 4.85. The van der Waals surface area contributed by atoms with Gasteiger partial charge in [-0.3, -0.25) is 19.8 Å². The Morgan fingerprint density at radius 2 is 1.89 bits per heavy atom. The molecule has 0 bridgehead atoms. The number of hydrogen-bond donors (Lipinski definition) is 1. The molecule has 4 aromatic rings. The maximum Gasteiger partial charge on any atom is 0.331 e. The predicted octanol–water partition coefficient (Wildman–Crippen LogP) is 5.05. The second-order valence-electron chi connectivity index (χ2n) is 8.39. The molecule has 36 heavy (non-hydrogen) atoms. The number of halogens is 1. The molecule has 182 valence electrons. The number of benzene rings is 2. The number of barbiturate groups is 1. The number of carbonyl (C=O) groups is 3. The van der Waals surface area contributed by atoms with Gasteiger partial charge in [0.1, 0.15) is 23.7 Å². The number of imide groups is 2. The highest BCUT2D eigenvalue weighted by molar-refractivity contribution is 9.10. The van der Waals surface area contributed by atoms with Crippen molar-refractivity contribution >= 4 is 50.8 Å². The van der Waals surface area contributed by atoms with Crippen molar-refractivity contribution in [1.82, 2.24) is 14.8 Å². The standard InChI is InChI=1S/C27H22BrN3O5/c1-17-4-7-20(8-5-17)36-12-10-30-15-18(22-14-19(28)6-9-24(22)30)13-23-25(32)29-27(34)31(26(23)33)16-21-3-2-11-35-21/h2-9,11,13-15H,10,12,16H2,1H3,(H,29,32,34)/b23-13+. The van der Waals surface area contributed by atoms with Crippen LogP contribution in [0, 0.1) is 6.92 Å². The third-order valence-corrected chi connectivity index (χ3v) is 6.37. The number of carbonyl (C=O) groups excluding carboxylic acids is 3. The number of amides is 4. The number of ether oxygens (including phenoxy) is 1. The molecule has 2 aromatic heterocycles. The van der Waals surface area contributed by atoms with Crippen molar-refractivity contribution in [3.05, 3.63) is 94.0 Å². The van der Waals surface area contributed by atoms with E-state index < -0.39 is 17.8 Å². The van der Waals surface area contributed by atoms with Crippen molar-refractivity contribution in [1.29, 1.82) is 0 Å². The third-order valence-electron chi connectivity index (χ3n) is 5.88. The maximum atomic E-state index is 13.1. The molecule has 5 rings (SSSR count). The number of nitrogens with one attached hydrogen (secondary N) is 1. The lowest BCUT2D eigenvalue weighted by molar-refractivity contribution is -0.130. The quantitative estimate of drug-likeness (QED) is 0.258. The van der Waals surface area contributed by atoms with Gasteiger partial charge in [-0.15, -0.1) is 0 Å². The summed E-state index contributed by atoms with van der Waals surface area (Å²) >= 11 is 3.50. The van der Waals surface area contributed by atoms with Crippen LogP contribution in [0.4, 0.5) is 4.79 Å². The molecule has 0 saturated carbocycles. The number of aromatic nitrogens is 1. The Labute approximate surface area is 215 Å². The first kappa shape index (κ1) is 23.6. The van der Waals surface area contributed by atoms with Crippen LogP contribution < -0.4 is 10.1 Å². The van der Waals surface area contributed by atoms with E-state index in [4.69, 9.17) is 9.15 Å². The van der Waals surface area contributed by atoms with Gasteiger partial charge in [0, 0.05) is 27.1 Å². The van der Waals surface area contributed by atoms with Crippen LogP contribution in [0.5, 0.6) is 5.75 Å². The Morgan fingerprint density at radius 3 is 2.64 bits per heavy atom. The van der Waals surface area contributed by atoms with Crippen molar-refractivity contribution in [2.75, 3.05) is 6.61 Å². The van der Waals surface area contributed by atoms with Gasteiger partial charge < -0.3 is 13.7 Å². The Kier molecular flexibility index (Phi) is 6.47. The van der Waals surface area contributed by atoms with Crippen molar-refractivity contribution in [2.24, 2.45) is 0 Å². The third kappa shape index (κ3) is 4.83. The molecule has 1 fully saturated rings. The van der Waals surface area contributed by atoms with E-state index in [0.717, 1.165) is 31.6 Å². The number of hydrogen-bond acceptors (Lipinski definition) is 5. The van der Waals surface area contributed by atoms with Gasteiger partial charge in [-0.1, -0.05) is 33.6 Å². The van der Waals surface area contributed by atoms with E-state index in [-0.39, 0.29) is 12.1 Å². The lowest BCUT2D eigenvalue weighted by Crippen LogP contribution is -2.53. The summed E-state index contributed by atoms with van der Waals surface area (Å²) in [5.41, 5.74) is 2.63. The molecule has 1 aliphatic heterocycles. The van der Waals surface area contributed by atoms with Crippen LogP contribution in [-0.4, -0.2) is 33.9 Å². The Bertz CT molecular complexity index is 1490. The molecular formula is C27H22BrN3O5. The molecular weight excluding hydrogens is 526 g/mol. The van der Waals surface area contributed by atoms with Gasteiger partial charge in [0.05, 0.1) is 19.4 Å². The van der Waals surface area contributed by atoms with E-state index in [1.54, 1.807) is 12.1 Å². The van der Waals surface area contributed by atoms with Crippen LogP contribution >= 0.6 is 15.9 Å². The SMILES string of the molecule is Cc1ccc(OCCn2cc(/C=C3\C(=O)NC(=O)N(Cc4ccco4)C3=O)c3cc(Br)ccc32)cc1. The van der Waals surface area contributed by atoms with E-state index in [9.17, 15) is 14.4 Å². The minimum atomic E-state index is -0.781. The van der Waals surface area contributed by atoms with Crippen LogP contribution in [0.15, 0.2) is 81.5 Å². The summed E-state index contributed by atoms with van der Waals surface area (Å²) in [6, 6.07) is 16.2.